The van der Waals surface area contributed by atoms with Gasteiger partial charge in [0.25, 0.3) is 0 Å². The first-order valence-corrected chi connectivity index (χ1v) is 5.97. The van der Waals surface area contributed by atoms with Gasteiger partial charge >= 0.3 is 0 Å². The highest BCUT2D eigenvalue weighted by atomic mass is 16.5. The van der Waals surface area contributed by atoms with Crippen LogP contribution >= 0.6 is 0 Å². The van der Waals surface area contributed by atoms with Gasteiger partial charge in [0.05, 0.1) is 0 Å². The zero-order valence-electron chi connectivity index (χ0n) is 9.85. The van der Waals surface area contributed by atoms with Crippen molar-refractivity contribution >= 4 is 0 Å². The van der Waals surface area contributed by atoms with E-state index in [9.17, 15) is 0 Å². The first-order valence-electron chi connectivity index (χ1n) is 5.97. The third-order valence-electron chi connectivity index (χ3n) is 2.95. The summed E-state index contributed by atoms with van der Waals surface area (Å²) in [5.41, 5.74) is 0. The van der Waals surface area contributed by atoms with Gasteiger partial charge < -0.3 is 10.1 Å². The zero-order valence-corrected chi connectivity index (χ0v) is 9.85. The predicted molar refractivity (Wildman–Crippen MR) is 61.1 cm³/mol. The molecule has 0 spiro atoms. The minimum atomic E-state index is 0.783. The number of hydrogen-bond donors (Lipinski definition) is 1. The van der Waals surface area contributed by atoms with Crippen molar-refractivity contribution in [3.8, 4) is 0 Å². The Morgan fingerprint density at radius 3 is 3.00 bits per heavy atom. The lowest BCUT2D eigenvalue weighted by Gasteiger charge is -2.22. The number of hydrogen-bond acceptors (Lipinski definition) is 4. The Bertz CT molecular complexity index is 307. The van der Waals surface area contributed by atoms with Gasteiger partial charge in [0, 0.05) is 33.2 Å². The predicted octanol–water partition coefficient (Wildman–Crippen LogP) is 0.374. The Hall–Kier alpha value is -0.940. The van der Waals surface area contributed by atoms with Crippen LogP contribution in [-0.4, -0.2) is 41.1 Å². The third kappa shape index (κ3) is 3.57. The van der Waals surface area contributed by atoms with Crippen LogP contribution in [0.4, 0.5) is 0 Å². The summed E-state index contributed by atoms with van der Waals surface area (Å²) < 4.78 is 7.07. The van der Waals surface area contributed by atoms with Crippen molar-refractivity contribution in [1.29, 1.82) is 0 Å². The Balaban J connectivity index is 1.57. The van der Waals surface area contributed by atoms with Crippen molar-refractivity contribution < 1.29 is 4.74 Å². The van der Waals surface area contributed by atoms with E-state index < -0.39 is 0 Å². The highest BCUT2D eigenvalue weighted by molar-refractivity contribution is 4.82. The number of ether oxygens (including phenoxy) is 1. The van der Waals surface area contributed by atoms with E-state index in [0.717, 1.165) is 44.5 Å². The smallest absolute Gasteiger partial charge is 0.151 e. The van der Waals surface area contributed by atoms with Crippen LogP contribution in [0.3, 0.4) is 0 Å². The van der Waals surface area contributed by atoms with E-state index in [2.05, 4.69) is 15.4 Å². The van der Waals surface area contributed by atoms with Crippen LogP contribution in [0.1, 0.15) is 18.7 Å². The molecule has 0 saturated carbocycles. The van der Waals surface area contributed by atoms with Crippen molar-refractivity contribution in [2.45, 2.75) is 19.3 Å². The molecule has 0 bridgehead atoms. The molecular weight excluding hydrogens is 204 g/mol. The molecule has 16 heavy (non-hydrogen) atoms. The van der Waals surface area contributed by atoms with Crippen molar-refractivity contribution in [1.82, 2.24) is 20.1 Å². The second kappa shape index (κ2) is 5.96. The Labute approximate surface area is 96.2 Å². The summed E-state index contributed by atoms with van der Waals surface area (Å²) in [5, 5.41) is 7.71. The average Bonchev–Trinajstić information content (AvgIpc) is 2.72. The Kier molecular flexibility index (Phi) is 4.30. The minimum absolute atomic E-state index is 0.783. The van der Waals surface area contributed by atoms with Crippen LogP contribution < -0.4 is 5.32 Å². The fraction of sp³-hybridized carbons (Fsp3) is 0.818. The SMILES string of the molecule is Cn1cnc(CCNCC2CCOCC2)n1. The van der Waals surface area contributed by atoms with Crippen LogP contribution in [0.15, 0.2) is 6.33 Å². The van der Waals surface area contributed by atoms with Crippen LogP contribution in [0, 0.1) is 5.92 Å². The molecule has 5 heteroatoms. The number of nitrogens with one attached hydrogen (secondary N) is 1. The van der Waals surface area contributed by atoms with Crippen LogP contribution in [0.25, 0.3) is 0 Å². The topological polar surface area (TPSA) is 52.0 Å². The van der Waals surface area contributed by atoms with E-state index >= 15 is 0 Å². The second-order valence-corrected chi connectivity index (χ2v) is 4.34. The molecule has 0 aliphatic carbocycles. The third-order valence-corrected chi connectivity index (χ3v) is 2.95. The van der Waals surface area contributed by atoms with Gasteiger partial charge in [0.2, 0.25) is 0 Å². The van der Waals surface area contributed by atoms with Gasteiger partial charge in [0.15, 0.2) is 5.82 Å². The fourth-order valence-electron chi connectivity index (χ4n) is 1.96. The molecule has 1 saturated heterocycles. The van der Waals surface area contributed by atoms with Gasteiger partial charge in [-0.3, -0.25) is 4.68 Å². The lowest BCUT2D eigenvalue weighted by Crippen LogP contribution is -2.29. The molecule has 1 N–H and O–H groups in total. The fourth-order valence-corrected chi connectivity index (χ4v) is 1.96. The van der Waals surface area contributed by atoms with Crippen LogP contribution in [0.5, 0.6) is 0 Å². The summed E-state index contributed by atoms with van der Waals surface area (Å²) in [7, 11) is 1.89. The minimum Gasteiger partial charge on any atom is -0.381 e. The van der Waals surface area contributed by atoms with E-state index in [1.807, 2.05) is 7.05 Å². The number of aromatic nitrogens is 3. The van der Waals surface area contributed by atoms with Gasteiger partial charge in [-0.05, 0) is 25.3 Å². The normalized spacial score (nSPS) is 17.8. The molecule has 0 radical (unpaired) electrons. The van der Waals surface area contributed by atoms with Crippen molar-refractivity contribution in [3.05, 3.63) is 12.2 Å². The van der Waals surface area contributed by atoms with Crippen LogP contribution in [0.2, 0.25) is 0 Å². The van der Waals surface area contributed by atoms with E-state index in [1.165, 1.54) is 12.8 Å². The molecule has 1 aromatic heterocycles. The van der Waals surface area contributed by atoms with Crippen LogP contribution in [-0.2, 0) is 18.2 Å². The summed E-state index contributed by atoms with van der Waals surface area (Å²) >= 11 is 0. The highest BCUT2D eigenvalue weighted by Crippen LogP contribution is 2.12. The number of nitrogens with zero attached hydrogens (tertiary/aromatic N) is 3. The largest absolute Gasteiger partial charge is 0.381 e. The van der Waals surface area contributed by atoms with Gasteiger partial charge in [-0.15, -0.1) is 0 Å². The molecule has 90 valence electrons. The average molecular weight is 224 g/mol. The summed E-state index contributed by atoms with van der Waals surface area (Å²) in [4.78, 5) is 4.19. The van der Waals surface area contributed by atoms with Crippen molar-refractivity contribution in [3.63, 3.8) is 0 Å². The molecule has 2 heterocycles. The van der Waals surface area contributed by atoms with Crippen molar-refractivity contribution in [2.75, 3.05) is 26.3 Å². The molecule has 2 rings (SSSR count). The van der Waals surface area contributed by atoms with Gasteiger partial charge in [-0.2, -0.15) is 5.10 Å². The molecule has 0 amide bonds. The second-order valence-electron chi connectivity index (χ2n) is 4.34. The standard InChI is InChI=1S/C11H20N4O/c1-15-9-13-11(14-15)2-5-12-8-10-3-6-16-7-4-10/h9-10,12H,2-8H2,1H3. The first-order chi connectivity index (χ1) is 7.84. The van der Waals surface area contributed by atoms with Crippen molar-refractivity contribution in [2.24, 2.45) is 13.0 Å². The summed E-state index contributed by atoms with van der Waals surface area (Å²) in [6.45, 7) is 3.90. The molecule has 1 aliphatic heterocycles. The van der Waals surface area contributed by atoms with E-state index in [0.29, 0.717) is 0 Å². The summed E-state index contributed by atoms with van der Waals surface area (Å²) in [6, 6.07) is 0. The van der Waals surface area contributed by atoms with E-state index in [1.54, 1.807) is 11.0 Å². The Morgan fingerprint density at radius 1 is 1.50 bits per heavy atom. The molecule has 5 nitrogen and oxygen atoms in total. The zero-order chi connectivity index (χ0) is 11.2. The lowest BCUT2D eigenvalue weighted by atomic mass is 10.0. The summed E-state index contributed by atoms with van der Waals surface area (Å²) in [6.07, 6.45) is 5.03. The number of rotatable bonds is 5. The molecule has 1 aromatic rings. The van der Waals surface area contributed by atoms with E-state index in [4.69, 9.17) is 4.74 Å². The van der Waals surface area contributed by atoms with Gasteiger partial charge in [-0.1, -0.05) is 0 Å². The lowest BCUT2D eigenvalue weighted by molar-refractivity contribution is 0.0664. The molecule has 0 atom stereocenters. The summed E-state index contributed by atoms with van der Waals surface area (Å²) in [5.74, 6) is 1.70. The molecule has 0 aromatic carbocycles. The van der Waals surface area contributed by atoms with Gasteiger partial charge in [-0.25, -0.2) is 4.98 Å². The molecule has 0 unspecified atom stereocenters. The Morgan fingerprint density at radius 2 is 2.31 bits per heavy atom. The highest BCUT2D eigenvalue weighted by Gasteiger charge is 2.12. The number of aryl methyl sites for hydroxylation is 1. The van der Waals surface area contributed by atoms with Gasteiger partial charge in [0.1, 0.15) is 6.33 Å². The maximum absolute atomic E-state index is 5.33. The molecule has 1 aliphatic rings. The van der Waals surface area contributed by atoms with E-state index in [-0.39, 0.29) is 0 Å². The maximum atomic E-state index is 5.33. The molecular formula is C11H20N4O. The first kappa shape index (κ1) is 11.5. The monoisotopic (exact) mass is 224 g/mol. The quantitative estimate of drug-likeness (QED) is 0.734. The maximum Gasteiger partial charge on any atom is 0.151 e. The molecule has 1 fully saturated rings.